The Morgan fingerprint density at radius 1 is 1.50 bits per heavy atom. The van der Waals surface area contributed by atoms with Crippen LogP contribution in [-0.2, 0) is 4.79 Å². The van der Waals surface area contributed by atoms with E-state index in [4.69, 9.17) is 5.26 Å². The third kappa shape index (κ3) is 4.35. The molecule has 0 saturated carbocycles. The van der Waals surface area contributed by atoms with Crippen molar-refractivity contribution >= 4 is 11.7 Å². The number of amides is 1. The Morgan fingerprint density at radius 2 is 2.27 bits per heavy atom. The number of hydrogen-bond acceptors (Lipinski definition) is 4. The predicted octanol–water partition coefficient (Wildman–Crippen LogP) is 1.85. The van der Waals surface area contributed by atoms with Crippen LogP contribution >= 0.6 is 0 Å². The maximum Gasteiger partial charge on any atom is 0.405 e. The van der Waals surface area contributed by atoms with E-state index in [1.807, 2.05) is 16.3 Å². The van der Waals surface area contributed by atoms with Gasteiger partial charge >= 0.3 is 6.18 Å². The minimum atomic E-state index is -4.40. The number of alkyl halides is 3. The van der Waals surface area contributed by atoms with Crippen LogP contribution in [0, 0.1) is 17.2 Å². The van der Waals surface area contributed by atoms with Gasteiger partial charge in [-0.1, -0.05) is 0 Å². The monoisotopic (exact) mass is 312 g/mol. The van der Waals surface area contributed by atoms with Crippen LogP contribution in [0.2, 0.25) is 0 Å². The average Bonchev–Trinajstić information content (AvgIpc) is 2.52. The first-order valence-corrected chi connectivity index (χ1v) is 6.84. The van der Waals surface area contributed by atoms with Crippen LogP contribution in [0.3, 0.4) is 0 Å². The van der Waals surface area contributed by atoms with Crippen molar-refractivity contribution in [2.75, 3.05) is 24.5 Å². The standard InChI is InChI=1S/C14H15F3N4O/c15-14(16,17)9-20-13(22)11-2-1-5-21(8-11)12-4-3-10(6-18)7-19-12/h3-4,7,11H,1-2,5,8-9H2,(H,20,22). The SMILES string of the molecule is N#Cc1ccc(N2CCCC(C(=O)NCC(F)(F)F)C2)nc1. The highest BCUT2D eigenvalue weighted by atomic mass is 19.4. The maximum atomic E-state index is 12.1. The number of nitrogens with zero attached hydrogens (tertiary/aromatic N) is 3. The van der Waals surface area contributed by atoms with Crippen molar-refractivity contribution in [2.45, 2.75) is 19.0 Å². The molecule has 1 aromatic heterocycles. The lowest BCUT2D eigenvalue weighted by Gasteiger charge is -2.32. The first kappa shape index (κ1) is 16.1. The van der Waals surface area contributed by atoms with Crippen LogP contribution in [0.4, 0.5) is 19.0 Å². The number of hydrogen-bond donors (Lipinski definition) is 1. The Labute approximate surface area is 125 Å². The predicted molar refractivity (Wildman–Crippen MR) is 73.0 cm³/mol. The average molecular weight is 312 g/mol. The Balaban J connectivity index is 1.96. The number of pyridine rings is 1. The van der Waals surface area contributed by atoms with E-state index in [9.17, 15) is 18.0 Å². The second kappa shape index (κ2) is 6.64. The second-order valence-electron chi connectivity index (χ2n) is 5.14. The van der Waals surface area contributed by atoms with E-state index in [0.29, 0.717) is 37.3 Å². The van der Waals surface area contributed by atoms with Gasteiger partial charge in [0.25, 0.3) is 0 Å². The van der Waals surface area contributed by atoms with Crippen molar-refractivity contribution in [3.8, 4) is 6.07 Å². The molecule has 5 nitrogen and oxygen atoms in total. The fourth-order valence-electron chi connectivity index (χ4n) is 2.37. The molecule has 118 valence electrons. The van der Waals surface area contributed by atoms with Crippen molar-refractivity contribution in [3.63, 3.8) is 0 Å². The molecule has 1 atom stereocenters. The van der Waals surface area contributed by atoms with Gasteiger partial charge in [-0.25, -0.2) is 4.98 Å². The number of halogens is 3. The van der Waals surface area contributed by atoms with Crippen molar-refractivity contribution in [3.05, 3.63) is 23.9 Å². The summed E-state index contributed by atoms with van der Waals surface area (Å²) in [6.07, 6.45) is -1.72. The molecule has 1 aliphatic rings. The number of piperidine rings is 1. The van der Waals surface area contributed by atoms with Gasteiger partial charge in [0.15, 0.2) is 0 Å². The summed E-state index contributed by atoms with van der Waals surface area (Å²) in [6.45, 7) is -0.304. The highest BCUT2D eigenvalue weighted by Crippen LogP contribution is 2.22. The van der Waals surface area contributed by atoms with Gasteiger partial charge in [-0.05, 0) is 25.0 Å². The molecule has 8 heteroatoms. The lowest BCUT2D eigenvalue weighted by molar-refractivity contribution is -0.140. The van der Waals surface area contributed by atoms with Gasteiger partial charge in [-0.15, -0.1) is 0 Å². The molecule has 1 unspecified atom stereocenters. The quantitative estimate of drug-likeness (QED) is 0.925. The number of carbonyl (C=O) groups is 1. The van der Waals surface area contributed by atoms with E-state index in [1.54, 1.807) is 12.1 Å². The van der Waals surface area contributed by atoms with Crippen LogP contribution < -0.4 is 10.2 Å². The van der Waals surface area contributed by atoms with Crippen molar-refractivity contribution in [1.82, 2.24) is 10.3 Å². The minimum absolute atomic E-state index is 0.322. The molecule has 2 rings (SSSR count). The number of nitrogens with one attached hydrogen (secondary N) is 1. The van der Waals surface area contributed by atoms with E-state index in [1.165, 1.54) is 6.20 Å². The van der Waals surface area contributed by atoms with Gasteiger partial charge < -0.3 is 10.2 Å². The summed E-state index contributed by atoms with van der Waals surface area (Å²) < 4.78 is 36.4. The van der Waals surface area contributed by atoms with E-state index < -0.39 is 24.5 Å². The number of aromatic nitrogens is 1. The van der Waals surface area contributed by atoms with Crippen molar-refractivity contribution in [2.24, 2.45) is 5.92 Å². The van der Waals surface area contributed by atoms with Crippen LogP contribution in [0.5, 0.6) is 0 Å². The first-order chi connectivity index (χ1) is 10.4. The van der Waals surface area contributed by atoms with Gasteiger partial charge in [0.1, 0.15) is 18.4 Å². The summed E-state index contributed by atoms with van der Waals surface area (Å²) in [4.78, 5) is 17.8. The van der Waals surface area contributed by atoms with Gasteiger partial charge in [0.2, 0.25) is 5.91 Å². The molecule has 0 bridgehead atoms. The molecule has 0 aromatic carbocycles. The molecule has 0 spiro atoms. The zero-order valence-corrected chi connectivity index (χ0v) is 11.7. The van der Waals surface area contributed by atoms with Crippen molar-refractivity contribution in [1.29, 1.82) is 5.26 Å². The number of carbonyl (C=O) groups excluding carboxylic acids is 1. The van der Waals surface area contributed by atoms with Gasteiger partial charge in [-0.2, -0.15) is 18.4 Å². The number of nitriles is 1. The normalized spacial score (nSPS) is 18.6. The summed E-state index contributed by atoms with van der Waals surface area (Å²) in [6, 6.07) is 5.26. The van der Waals surface area contributed by atoms with E-state index >= 15 is 0 Å². The summed E-state index contributed by atoms with van der Waals surface area (Å²) in [5, 5.41) is 10.7. The molecular weight excluding hydrogens is 297 g/mol. The van der Waals surface area contributed by atoms with Crippen LogP contribution in [0.15, 0.2) is 18.3 Å². The fourth-order valence-corrected chi connectivity index (χ4v) is 2.37. The Hall–Kier alpha value is -2.30. The maximum absolute atomic E-state index is 12.1. The lowest BCUT2D eigenvalue weighted by atomic mass is 9.97. The molecule has 22 heavy (non-hydrogen) atoms. The molecule has 1 saturated heterocycles. The summed E-state index contributed by atoms with van der Waals surface area (Å²) in [5.41, 5.74) is 0.431. The van der Waals surface area contributed by atoms with Crippen LogP contribution in [-0.4, -0.2) is 36.7 Å². The molecule has 1 N–H and O–H groups in total. The largest absolute Gasteiger partial charge is 0.405 e. The molecule has 1 amide bonds. The summed E-state index contributed by atoms with van der Waals surface area (Å²) >= 11 is 0. The molecule has 2 heterocycles. The van der Waals surface area contributed by atoms with E-state index in [2.05, 4.69) is 4.98 Å². The number of anilines is 1. The zero-order chi connectivity index (χ0) is 16.2. The van der Waals surface area contributed by atoms with Crippen LogP contribution in [0.25, 0.3) is 0 Å². The Bertz CT molecular complexity index is 565. The minimum Gasteiger partial charge on any atom is -0.356 e. The molecule has 0 radical (unpaired) electrons. The highest BCUT2D eigenvalue weighted by molar-refractivity contribution is 5.79. The topological polar surface area (TPSA) is 69.0 Å². The third-order valence-corrected chi connectivity index (χ3v) is 3.46. The van der Waals surface area contributed by atoms with Gasteiger partial charge in [-0.3, -0.25) is 4.79 Å². The molecule has 1 fully saturated rings. The van der Waals surface area contributed by atoms with Crippen molar-refractivity contribution < 1.29 is 18.0 Å². The zero-order valence-electron chi connectivity index (χ0n) is 11.7. The summed E-state index contributed by atoms with van der Waals surface area (Å²) in [7, 11) is 0. The van der Waals surface area contributed by atoms with E-state index in [-0.39, 0.29) is 0 Å². The summed E-state index contributed by atoms with van der Waals surface area (Å²) in [5.74, 6) is -0.462. The first-order valence-electron chi connectivity index (χ1n) is 6.84. The molecule has 1 aromatic rings. The molecule has 1 aliphatic heterocycles. The smallest absolute Gasteiger partial charge is 0.356 e. The Kier molecular flexibility index (Phi) is 4.85. The number of rotatable bonds is 3. The fraction of sp³-hybridized carbons (Fsp3) is 0.500. The second-order valence-corrected chi connectivity index (χ2v) is 5.14. The molecular formula is C14H15F3N4O. The van der Waals surface area contributed by atoms with Gasteiger partial charge in [0, 0.05) is 19.3 Å². The Morgan fingerprint density at radius 3 is 2.86 bits per heavy atom. The van der Waals surface area contributed by atoms with Gasteiger partial charge in [0.05, 0.1) is 11.5 Å². The van der Waals surface area contributed by atoms with Crippen LogP contribution in [0.1, 0.15) is 18.4 Å². The third-order valence-electron chi connectivity index (χ3n) is 3.46. The lowest BCUT2D eigenvalue weighted by Crippen LogP contribution is -2.45. The highest BCUT2D eigenvalue weighted by Gasteiger charge is 2.31. The van der Waals surface area contributed by atoms with E-state index in [0.717, 1.165) is 0 Å². The molecule has 0 aliphatic carbocycles.